The Morgan fingerprint density at radius 3 is 1.83 bits per heavy atom. The monoisotopic (exact) mass is 104 g/mol. The second kappa shape index (κ2) is 1.29. The molecule has 6 heavy (non-hydrogen) atoms. The summed E-state index contributed by atoms with van der Waals surface area (Å²) in [4.78, 5) is 0. The molecule has 4 heteroatoms. The van der Waals surface area contributed by atoms with E-state index in [-0.39, 0.29) is 0 Å². The standard InChI is InChI=1S/C2H2NO2S/c1-2-6(3,4)5/h1,3H. The maximum Gasteiger partial charge on any atom is 0.293 e. The Balaban J connectivity index is 4.41. The van der Waals surface area contributed by atoms with E-state index < -0.39 is 10.0 Å². The van der Waals surface area contributed by atoms with Crippen molar-refractivity contribution in [2.24, 2.45) is 0 Å². The highest BCUT2D eigenvalue weighted by atomic mass is 32.2. The van der Waals surface area contributed by atoms with Crippen LogP contribution in [0.2, 0.25) is 0 Å². The van der Waals surface area contributed by atoms with Gasteiger partial charge in [0.2, 0.25) is 0 Å². The molecular formula is C2H2NO2S. The summed E-state index contributed by atoms with van der Waals surface area (Å²) in [6.45, 7) is 0. The molecule has 1 N–H and O–H groups in total. The first-order chi connectivity index (χ1) is 2.56. The van der Waals surface area contributed by atoms with E-state index in [1.54, 1.807) is 0 Å². The molecule has 0 aromatic rings. The van der Waals surface area contributed by atoms with Gasteiger partial charge in [0.25, 0.3) is 10.0 Å². The van der Waals surface area contributed by atoms with Crippen LogP contribution in [0.4, 0.5) is 0 Å². The quantitative estimate of drug-likeness (QED) is 0.377. The summed E-state index contributed by atoms with van der Waals surface area (Å²) in [6.07, 6.45) is 4.28. The van der Waals surface area contributed by atoms with Gasteiger partial charge in [0.15, 0.2) is 0 Å². The normalized spacial score (nSPS) is 10.0. The average Bonchev–Trinajstić information content (AvgIpc) is 1.35. The first kappa shape index (κ1) is 5.47. The van der Waals surface area contributed by atoms with Gasteiger partial charge < -0.3 is 0 Å². The van der Waals surface area contributed by atoms with Gasteiger partial charge >= 0.3 is 0 Å². The molecule has 0 bridgehead atoms. The Labute approximate surface area is 36.2 Å². The molecule has 0 spiro atoms. The van der Waals surface area contributed by atoms with Gasteiger partial charge in [-0.15, -0.1) is 11.6 Å². The van der Waals surface area contributed by atoms with Crippen molar-refractivity contribution in [1.29, 1.82) is 0 Å². The molecule has 0 unspecified atom stereocenters. The van der Waals surface area contributed by atoms with E-state index >= 15 is 0 Å². The third-order valence-electron chi connectivity index (χ3n) is 0.155. The molecule has 0 atom stereocenters. The molecule has 0 aromatic carbocycles. The molecule has 0 aliphatic carbocycles. The van der Waals surface area contributed by atoms with Gasteiger partial charge in [-0.2, -0.15) is 8.42 Å². The molecule has 0 saturated heterocycles. The van der Waals surface area contributed by atoms with E-state index in [2.05, 4.69) is 6.42 Å². The van der Waals surface area contributed by atoms with Gasteiger partial charge in [0.05, 0.1) is 0 Å². The van der Waals surface area contributed by atoms with Crippen molar-refractivity contribution in [3.8, 4) is 11.7 Å². The second-order valence-corrected chi connectivity index (χ2v) is 1.86. The molecule has 0 fully saturated rings. The number of rotatable bonds is 0. The third kappa shape index (κ3) is 3.47. The number of nitrogens with one attached hydrogen (secondary N) is 1. The Kier molecular flexibility index (Phi) is 1.17. The van der Waals surface area contributed by atoms with Crippen molar-refractivity contribution in [1.82, 2.24) is 5.14 Å². The maximum absolute atomic E-state index is 9.43. The van der Waals surface area contributed by atoms with E-state index in [0.29, 0.717) is 0 Å². The Bertz CT molecular complexity index is 160. The highest BCUT2D eigenvalue weighted by Crippen LogP contribution is 1.66. The predicted octanol–water partition coefficient (Wildman–Crippen LogP) is -0.810. The van der Waals surface area contributed by atoms with E-state index in [4.69, 9.17) is 5.14 Å². The maximum atomic E-state index is 9.43. The minimum absolute atomic E-state index is 1.24. The van der Waals surface area contributed by atoms with Crippen molar-refractivity contribution in [2.45, 2.75) is 0 Å². The first-order valence-corrected chi connectivity index (χ1v) is 2.51. The summed E-state index contributed by atoms with van der Waals surface area (Å²) in [6, 6.07) is 0. The van der Waals surface area contributed by atoms with Gasteiger partial charge in [-0.3, -0.25) is 0 Å². The van der Waals surface area contributed by atoms with Crippen LogP contribution in [0, 0.1) is 11.7 Å². The van der Waals surface area contributed by atoms with Crippen LogP contribution in [-0.2, 0) is 10.0 Å². The molecule has 0 rings (SSSR count). The minimum Gasteiger partial charge on any atom is -0.197 e. The minimum atomic E-state index is -3.88. The van der Waals surface area contributed by atoms with Crippen LogP contribution in [0.25, 0.3) is 0 Å². The van der Waals surface area contributed by atoms with Crippen LogP contribution < -0.4 is 5.14 Å². The molecule has 0 aliphatic rings. The lowest BCUT2D eigenvalue weighted by atomic mass is 11.4. The topological polar surface area (TPSA) is 57.9 Å². The van der Waals surface area contributed by atoms with Crippen LogP contribution in [0.15, 0.2) is 0 Å². The summed E-state index contributed by atoms with van der Waals surface area (Å²) < 4.78 is 18.9. The number of hydrogen-bond donors (Lipinski definition) is 0. The Morgan fingerprint density at radius 2 is 1.83 bits per heavy atom. The van der Waals surface area contributed by atoms with E-state index in [1.807, 2.05) is 0 Å². The molecule has 0 saturated carbocycles. The van der Waals surface area contributed by atoms with Crippen molar-refractivity contribution < 1.29 is 8.42 Å². The van der Waals surface area contributed by atoms with E-state index in [0.717, 1.165) is 0 Å². The summed E-state index contributed by atoms with van der Waals surface area (Å²) in [5, 5.41) is 7.16. The Morgan fingerprint density at radius 1 is 1.67 bits per heavy atom. The van der Waals surface area contributed by atoms with Crippen molar-refractivity contribution in [2.75, 3.05) is 0 Å². The van der Waals surface area contributed by atoms with E-state index in [9.17, 15) is 8.42 Å². The van der Waals surface area contributed by atoms with Crippen molar-refractivity contribution >= 4 is 10.0 Å². The molecular weight excluding hydrogens is 102 g/mol. The second-order valence-electron chi connectivity index (χ2n) is 0.621. The largest absolute Gasteiger partial charge is 0.293 e. The van der Waals surface area contributed by atoms with Gasteiger partial charge in [0, 0.05) is 5.25 Å². The van der Waals surface area contributed by atoms with Gasteiger partial charge in [0.1, 0.15) is 0 Å². The van der Waals surface area contributed by atoms with Crippen LogP contribution in [0.1, 0.15) is 0 Å². The molecule has 1 radical (unpaired) electrons. The number of sulfonamides is 1. The van der Waals surface area contributed by atoms with Gasteiger partial charge in [-0.1, -0.05) is 0 Å². The Hall–Kier alpha value is -0.530. The predicted molar refractivity (Wildman–Crippen MR) is 20.8 cm³/mol. The molecule has 0 aromatic heterocycles. The zero-order valence-electron chi connectivity index (χ0n) is 2.80. The van der Waals surface area contributed by atoms with E-state index in [1.165, 1.54) is 5.25 Å². The summed E-state index contributed by atoms with van der Waals surface area (Å²) in [5.41, 5.74) is 0. The van der Waals surface area contributed by atoms with Crippen molar-refractivity contribution in [3.05, 3.63) is 0 Å². The lowest BCUT2D eigenvalue weighted by Crippen LogP contribution is -1.91. The number of terminal acetylenes is 1. The summed E-state index contributed by atoms with van der Waals surface area (Å²) in [7, 11) is -3.88. The average molecular weight is 104 g/mol. The van der Waals surface area contributed by atoms with Crippen LogP contribution >= 0.6 is 0 Å². The number of hydrogen-bond acceptors (Lipinski definition) is 2. The lowest BCUT2D eigenvalue weighted by molar-refractivity contribution is 0.606. The highest BCUT2D eigenvalue weighted by Gasteiger charge is 1.88. The van der Waals surface area contributed by atoms with Gasteiger partial charge in [-0.05, 0) is 0 Å². The van der Waals surface area contributed by atoms with Crippen molar-refractivity contribution in [3.63, 3.8) is 0 Å². The molecule has 3 nitrogen and oxygen atoms in total. The lowest BCUT2D eigenvalue weighted by Gasteiger charge is -1.68. The first-order valence-electron chi connectivity index (χ1n) is 1.03. The third-order valence-corrected chi connectivity index (χ3v) is 0.465. The van der Waals surface area contributed by atoms with Crippen LogP contribution in [-0.4, -0.2) is 8.42 Å². The zero-order chi connectivity index (χ0) is 5.21. The van der Waals surface area contributed by atoms with Crippen LogP contribution in [0.3, 0.4) is 0 Å². The molecule has 33 valence electrons. The fourth-order valence-corrected chi connectivity index (χ4v) is 0. The SMILES string of the molecule is C#CS([NH])(=O)=O. The molecule has 0 heterocycles. The molecule has 0 amide bonds. The molecule has 0 aliphatic heterocycles. The summed E-state index contributed by atoms with van der Waals surface area (Å²) >= 11 is 0. The van der Waals surface area contributed by atoms with Crippen LogP contribution in [0.5, 0.6) is 0 Å². The highest BCUT2D eigenvalue weighted by molar-refractivity contribution is 7.93. The zero-order valence-corrected chi connectivity index (χ0v) is 3.62. The van der Waals surface area contributed by atoms with Gasteiger partial charge in [-0.25, -0.2) is 0 Å². The fourth-order valence-electron chi connectivity index (χ4n) is 0. The smallest absolute Gasteiger partial charge is 0.197 e. The fraction of sp³-hybridized carbons (Fsp3) is 0. The summed E-state index contributed by atoms with van der Waals surface area (Å²) in [5.74, 6) is 0.